The van der Waals surface area contributed by atoms with Crippen molar-refractivity contribution in [3.8, 4) is 0 Å². The van der Waals surface area contributed by atoms with Crippen LogP contribution in [-0.4, -0.2) is 52.0 Å². The molecule has 1 fully saturated rings. The minimum absolute atomic E-state index is 0.0208. The van der Waals surface area contributed by atoms with Crippen molar-refractivity contribution >= 4 is 23.2 Å². The summed E-state index contributed by atoms with van der Waals surface area (Å²) >= 11 is 1.43. The molecule has 1 aliphatic heterocycles. The van der Waals surface area contributed by atoms with Crippen molar-refractivity contribution in [2.24, 2.45) is 0 Å². The van der Waals surface area contributed by atoms with Crippen LogP contribution in [0.15, 0.2) is 78.2 Å². The van der Waals surface area contributed by atoms with Gasteiger partial charge in [-0.05, 0) is 61.6 Å². The molecule has 0 spiro atoms. The van der Waals surface area contributed by atoms with Gasteiger partial charge >= 0.3 is 6.18 Å². The van der Waals surface area contributed by atoms with E-state index in [9.17, 15) is 36.6 Å². The zero-order valence-corrected chi connectivity index (χ0v) is 26.8. The van der Waals surface area contributed by atoms with Crippen LogP contribution in [0, 0.1) is 6.92 Å². The first-order valence-corrected chi connectivity index (χ1v) is 16.3. The summed E-state index contributed by atoms with van der Waals surface area (Å²) in [4.78, 5) is 33.4. The van der Waals surface area contributed by atoms with Crippen molar-refractivity contribution in [1.29, 1.82) is 0 Å². The number of thiazole rings is 1. The molecule has 5 rings (SSSR count). The van der Waals surface area contributed by atoms with Gasteiger partial charge < -0.3 is 20.6 Å². The van der Waals surface area contributed by atoms with Gasteiger partial charge in [-0.3, -0.25) is 9.59 Å². The quantitative estimate of drug-likeness (QED) is 0.141. The second-order valence-electron chi connectivity index (χ2n) is 11.8. The molecule has 0 aliphatic carbocycles. The molecular weight excluding hydrogens is 651 g/mol. The van der Waals surface area contributed by atoms with E-state index in [2.05, 4.69) is 15.6 Å². The number of aryl methyl sites for hydroxylation is 1. The number of amides is 2. The standard InChI is InChI=1S/C35H35F5N4O3S/c1-21-20-48-33(42-21)29-11-6-12-44(29)34(47)26-16-24(31(36)37)15-25(17-26)32(46)43-28(14-22-7-3-2-4-8-22)30(45)19-41-18-23-9-5-10-27(13-23)35(38,39)40/h2-5,7-10,13,15-17,20,28-31,41,45H,6,11-12,14,18-19H2,1H3,(H,43,46). The van der Waals surface area contributed by atoms with Gasteiger partial charge in [-0.15, -0.1) is 11.3 Å². The molecular formula is C35H35F5N4O3S. The molecule has 7 nitrogen and oxygen atoms in total. The molecule has 3 atom stereocenters. The van der Waals surface area contributed by atoms with E-state index in [0.717, 1.165) is 47.0 Å². The highest BCUT2D eigenvalue weighted by Gasteiger charge is 2.34. The zero-order chi connectivity index (χ0) is 34.4. The number of likely N-dealkylation sites (tertiary alicyclic amines) is 1. The number of alkyl halides is 5. The number of aliphatic hydroxyl groups is 1. The SMILES string of the molecule is Cc1csc(C2CCCN2C(=O)c2cc(C(=O)NC(Cc3ccccc3)C(O)CNCc3cccc(C(F)(F)F)c3)cc(C(F)F)c2)n1. The maximum absolute atomic E-state index is 14.0. The predicted octanol–water partition coefficient (Wildman–Crippen LogP) is 6.88. The Kier molecular flexibility index (Phi) is 11.2. The molecule has 13 heteroatoms. The van der Waals surface area contributed by atoms with E-state index < -0.39 is 47.7 Å². The van der Waals surface area contributed by atoms with Crippen molar-refractivity contribution < 1.29 is 36.6 Å². The van der Waals surface area contributed by atoms with Gasteiger partial charge in [0.05, 0.1) is 23.8 Å². The van der Waals surface area contributed by atoms with E-state index in [4.69, 9.17) is 0 Å². The average Bonchev–Trinajstić information content (AvgIpc) is 3.73. The summed E-state index contributed by atoms with van der Waals surface area (Å²) in [6.07, 6.45) is -7.10. The van der Waals surface area contributed by atoms with Gasteiger partial charge in [0.1, 0.15) is 5.01 Å². The van der Waals surface area contributed by atoms with Crippen LogP contribution in [-0.2, 0) is 19.1 Å². The largest absolute Gasteiger partial charge is 0.416 e. The summed E-state index contributed by atoms with van der Waals surface area (Å²) in [6, 6.07) is 16.0. The minimum atomic E-state index is -4.50. The molecule has 1 aliphatic rings. The molecule has 4 aromatic rings. The van der Waals surface area contributed by atoms with E-state index in [-0.39, 0.29) is 36.7 Å². The monoisotopic (exact) mass is 686 g/mol. The molecule has 48 heavy (non-hydrogen) atoms. The van der Waals surface area contributed by atoms with E-state index in [1.165, 1.54) is 29.5 Å². The van der Waals surface area contributed by atoms with Crippen molar-refractivity contribution in [2.45, 2.75) is 63.5 Å². The Morgan fingerprint density at radius 2 is 1.75 bits per heavy atom. The Labute approximate surface area is 278 Å². The third kappa shape index (κ3) is 8.82. The van der Waals surface area contributed by atoms with E-state index in [1.807, 2.05) is 12.3 Å². The fraction of sp³-hybridized carbons (Fsp3) is 0.343. The third-order valence-corrected chi connectivity index (χ3v) is 9.23. The second-order valence-corrected chi connectivity index (χ2v) is 12.7. The van der Waals surface area contributed by atoms with Gasteiger partial charge in [0.25, 0.3) is 18.2 Å². The van der Waals surface area contributed by atoms with Crippen LogP contribution in [0.3, 0.4) is 0 Å². The topological polar surface area (TPSA) is 94.6 Å². The molecule has 2 heterocycles. The fourth-order valence-corrected chi connectivity index (χ4v) is 6.70. The Hall–Kier alpha value is -4.20. The molecule has 1 saturated heterocycles. The first kappa shape index (κ1) is 35.1. The molecule has 0 bridgehead atoms. The fourth-order valence-electron chi connectivity index (χ4n) is 5.76. The smallest absolute Gasteiger partial charge is 0.390 e. The van der Waals surface area contributed by atoms with Crippen LogP contribution >= 0.6 is 11.3 Å². The molecule has 3 aromatic carbocycles. The molecule has 2 amide bonds. The summed E-state index contributed by atoms with van der Waals surface area (Å²) in [5.41, 5.74) is 0.446. The van der Waals surface area contributed by atoms with Crippen LogP contribution < -0.4 is 10.6 Å². The summed E-state index contributed by atoms with van der Waals surface area (Å²) < 4.78 is 67.5. The number of aromatic nitrogens is 1. The van der Waals surface area contributed by atoms with Crippen LogP contribution in [0.25, 0.3) is 0 Å². The molecule has 254 valence electrons. The lowest BCUT2D eigenvalue weighted by atomic mass is 9.99. The number of halogens is 5. The van der Waals surface area contributed by atoms with Crippen molar-refractivity contribution in [1.82, 2.24) is 20.5 Å². The average molecular weight is 687 g/mol. The summed E-state index contributed by atoms with van der Waals surface area (Å²) in [7, 11) is 0. The van der Waals surface area contributed by atoms with Crippen LogP contribution in [0.5, 0.6) is 0 Å². The number of benzene rings is 3. The molecule has 1 aromatic heterocycles. The van der Waals surface area contributed by atoms with Gasteiger partial charge in [-0.1, -0.05) is 48.5 Å². The second kappa shape index (κ2) is 15.3. The maximum Gasteiger partial charge on any atom is 0.416 e. The van der Waals surface area contributed by atoms with Gasteiger partial charge in [-0.25, -0.2) is 13.8 Å². The number of carbonyl (C=O) groups excluding carboxylic acids is 2. The van der Waals surface area contributed by atoms with E-state index in [0.29, 0.717) is 18.5 Å². The lowest BCUT2D eigenvalue weighted by Crippen LogP contribution is -2.48. The van der Waals surface area contributed by atoms with E-state index >= 15 is 0 Å². The normalized spacial score (nSPS) is 16.2. The molecule has 0 saturated carbocycles. The van der Waals surface area contributed by atoms with E-state index in [1.54, 1.807) is 35.2 Å². The maximum atomic E-state index is 14.0. The third-order valence-electron chi connectivity index (χ3n) is 8.17. The predicted molar refractivity (Wildman–Crippen MR) is 172 cm³/mol. The Balaban J connectivity index is 1.34. The lowest BCUT2D eigenvalue weighted by molar-refractivity contribution is -0.137. The van der Waals surface area contributed by atoms with Gasteiger partial charge in [0.15, 0.2) is 0 Å². The number of carbonyl (C=O) groups is 2. The van der Waals surface area contributed by atoms with Gasteiger partial charge in [0.2, 0.25) is 0 Å². The number of nitrogens with zero attached hydrogens (tertiary/aromatic N) is 2. The Morgan fingerprint density at radius 3 is 2.44 bits per heavy atom. The highest BCUT2D eigenvalue weighted by Crippen LogP contribution is 2.35. The Morgan fingerprint density at radius 1 is 1.02 bits per heavy atom. The minimum Gasteiger partial charge on any atom is -0.390 e. The lowest BCUT2D eigenvalue weighted by Gasteiger charge is -2.26. The van der Waals surface area contributed by atoms with Gasteiger partial charge in [-0.2, -0.15) is 13.2 Å². The number of nitrogens with one attached hydrogen (secondary N) is 2. The summed E-state index contributed by atoms with van der Waals surface area (Å²) in [5, 5.41) is 19.5. The summed E-state index contributed by atoms with van der Waals surface area (Å²) in [6.45, 7) is 2.20. The van der Waals surface area contributed by atoms with Crippen LogP contribution in [0.2, 0.25) is 0 Å². The first-order chi connectivity index (χ1) is 22.9. The van der Waals surface area contributed by atoms with Crippen molar-refractivity contribution in [3.05, 3.63) is 122 Å². The summed E-state index contributed by atoms with van der Waals surface area (Å²) in [5.74, 6) is -1.25. The highest BCUT2D eigenvalue weighted by molar-refractivity contribution is 7.09. The van der Waals surface area contributed by atoms with Gasteiger partial charge in [0, 0.05) is 47.4 Å². The number of rotatable bonds is 12. The number of hydrogen-bond acceptors (Lipinski definition) is 6. The zero-order valence-electron chi connectivity index (χ0n) is 26.0. The molecule has 3 N–H and O–H groups in total. The highest BCUT2D eigenvalue weighted by atomic mass is 32.1. The first-order valence-electron chi connectivity index (χ1n) is 15.4. The number of hydrogen-bond donors (Lipinski definition) is 3. The number of aliphatic hydroxyl groups excluding tert-OH is 1. The van der Waals surface area contributed by atoms with Crippen molar-refractivity contribution in [3.63, 3.8) is 0 Å². The van der Waals surface area contributed by atoms with Crippen molar-refractivity contribution in [2.75, 3.05) is 13.1 Å². The van der Waals surface area contributed by atoms with Crippen LogP contribution in [0.4, 0.5) is 22.0 Å². The molecule has 3 unspecified atom stereocenters. The molecule has 0 radical (unpaired) electrons. The Bertz CT molecular complexity index is 1720. The van der Waals surface area contributed by atoms with Crippen LogP contribution in [0.1, 0.15) is 79.0 Å².